The van der Waals surface area contributed by atoms with Gasteiger partial charge in [0.1, 0.15) is 0 Å². The summed E-state index contributed by atoms with van der Waals surface area (Å²) in [6, 6.07) is 2.03. The standard InChI is InChI=1S/C14H18O3S/c1-17-14(16)8-7-11(15)13-9-10-5-3-2-4-6-12(10)18-13/h9H,2-8H2,1H3. The summed E-state index contributed by atoms with van der Waals surface area (Å²) in [7, 11) is 1.35. The zero-order valence-electron chi connectivity index (χ0n) is 10.7. The second-order valence-corrected chi connectivity index (χ2v) is 5.76. The van der Waals surface area contributed by atoms with Crippen LogP contribution in [0, 0.1) is 0 Å². The third-order valence-electron chi connectivity index (χ3n) is 3.31. The van der Waals surface area contributed by atoms with Gasteiger partial charge in [-0.15, -0.1) is 11.3 Å². The number of carbonyl (C=O) groups excluding carboxylic acids is 2. The molecule has 2 rings (SSSR count). The van der Waals surface area contributed by atoms with Gasteiger partial charge < -0.3 is 4.74 Å². The molecule has 0 amide bonds. The lowest BCUT2D eigenvalue weighted by Crippen LogP contribution is -2.04. The molecule has 0 N–H and O–H groups in total. The summed E-state index contributed by atoms with van der Waals surface area (Å²) < 4.78 is 4.55. The molecule has 4 heteroatoms. The van der Waals surface area contributed by atoms with E-state index in [2.05, 4.69) is 4.74 Å². The zero-order valence-corrected chi connectivity index (χ0v) is 11.5. The number of ether oxygens (including phenoxy) is 1. The maximum atomic E-state index is 12.0. The van der Waals surface area contributed by atoms with Crippen molar-refractivity contribution in [3.63, 3.8) is 0 Å². The lowest BCUT2D eigenvalue weighted by atomic mass is 10.1. The van der Waals surface area contributed by atoms with Crippen molar-refractivity contribution in [3.8, 4) is 0 Å². The summed E-state index contributed by atoms with van der Waals surface area (Å²) in [5, 5.41) is 0. The highest BCUT2D eigenvalue weighted by molar-refractivity contribution is 7.14. The van der Waals surface area contributed by atoms with Crippen LogP contribution in [0.15, 0.2) is 6.07 Å². The van der Waals surface area contributed by atoms with Crippen LogP contribution in [0.5, 0.6) is 0 Å². The van der Waals surface area contributed by atoms with Crippen LogP contribution >= 0.6 is 11.3 Å². The van der Waals surface area contributed by atoms with Crippen molar-refractivity contribution in [3.05, 3.63) is 21.4 Å². The van der Waals surface area contributed by atoms with Crippen LogP contribution in [-0.4, -0.2) is 18.9 Å². The highest BCUT2D eigenvalue weighted by Crippen LogP contribution is 2.29. The Morgan fingerprint density at radius 2 is 2.00 bits per heavy atom. The van der Waals surface area contributed by atoms with E-state index >= 15 is 0 Å². The van der Waals surface area contributed by atoms with Gasteiger partial charge in [0.2, 0.25) is 0 Å². The van der Waals surface area contributed by atoms with Crippen molar-refractivity contribution in [1.29, 1.82) is 0 Å². The highest BCUT2D eigenvalue weighted by Gasteiger charge is 2.17. The molecule has 0 aromatic carbocycles. The average molecular weight is 266 g/mol. The van der Waals surface area contributed by atoms with Gasteiger partial charge >= 0.3 is 5.97 Å². The zero-order chi connectivity index (χ0) is 13.0. The van der Waals surface area contributed by atoms with Crippen molar-refractivity contribution in [2.24, 2.45) is 0 Å². The first-order valence-electron chi connectivity index (χ1n) is 6.42. The second kappa shape index (κ2) is 6.14. The number of rotatable bonds is 4. The Hall–Kier alpha value is -1.16. The van der Waals surface area contributed by atoms with Crippen molar-refractivity contribution in [2.75, 3.05) is 7.11 Å². The summed E-state index contributed by atoms with van der Waals surface area (Å²) in [5.74, 6) is -0.250. The SMILES string of the molecule is COC(=O)CCC(=O)c1cc2c(s1)CCCCC2. The molecular weight excluding hydrogens is 248 g/mol. The number of Topliss-reactive ketones (excluding diaryl/α,β-unsaturated/α-hetero) is 1. The van der Waals surface area contributed by atoms with Gasteiger partial charge in [-0.05, 0) is 37.3 Å². The van der Waals surface area contributed by atoms with E-state index in [1.807, 2.05) is 6.07 Å². The smallest absolute Gasteiger partial charge is 0.305 e. The molecular formula is C14H18O3S. The van der Waals surface area contributed by atoms with Crippen LogP contribution < -0.4 is 0 Å². The van der Waals surface area contributed by atoms with E-state index in [4.69, 9.17) is 0 Å². The second-order valence-electron chi connectivity index (χ2n) is 4.62. The molecule has 0 fully saturated rings. The van der Waals surface area contributed by atoms with Crippen LogP contribution in [0.25, 0.3) is 0 Å². The minimum Gasteiger partial charge on any atom is -0.469 e. The van der Waals surface area contributed by atoms with Crippen LogP contribution in [0.3, 0.4) is 0 Å². The summed E-state index contributed by atoms with van der Waals surface area (Å²) in [6.07, 6.45) is 6.36. The first kappa shape index (κ1) is 13.3. The molecule has 18 heavy (non-hydrogen) atoms. The van der Waals surface area contributed by atoms with Gasteiger partial charge in [0.15, 0.2) is 5.78 Å². The molecule has 0 unspecified atom stereocenters. The fourth-order valence-corrected chi connectivity index (χ4v) is 3.47. The van der Waals surface area contributed by atoms with Gasteiger partial charge in [0.05, 0.1) is 18.4 Å². The molecule has 0 saturated carbocycles. The van der Waals surface area contributed by atoms with Crippen LogP contribution in [0.2, 0.25) is 0 Å². The molecule has 0 aliphatic heterocycles. The minimum absolute atomic E-state index is 0.0680. The van der Waals surface area contributed by atoms with E-state index in [0.717, 1.165) is 17.7 Å². The fourth-order valence-electron chi connectivity index (χ4n) is 2.25. The fraction of sp³-hybridized carbons (Fsp3) is 0.571. The number of hydrogen-bond donors (Lipinski definition) is 0. The molecule has 1 aromatic heterocycles. The Balaban J connectivity index is 2.00. The molecule has 0 bridgehead atoms. The van der Waals surface area contributed by atoms with Gasteiger partial charge in [0.25, 0.3) is 0 Å². The Morgan fingerprint density at radius 3 is 2.78 bits per heavy atom. The van der Waals surface area contributed by atoms with E-state index < -0.39 is 0 Å². The number of aryl methyl sites for hydroxylation is 2. The Kier molecular flexibility index (Phi) is 4.53. The molecule has 1 heterocycles. The number of ketones is 1. The summed E-state index contributed by atoms with van der Waals surface area (Å²) in [6.45, 7) is 0. The number of hydrogen-bond acceptors (Lipinski definition) is 4. The number of esters is 1. The molecule has 0 radical (unpaired) electrons. The minimum atomic E-state index is -0.318. The molecule has 1 aromatic rings. The summed E-state index contributed by atoms with van der Waals surface area (Å²) >= 11 is 1.61. The Bertz CT molecular complexity index is 424. The summed E-state index contributed by atoms with van der Waals surface area (Å²) in [5.41, 5.74) is 1.35. The number of carbonyl (C=O) groups is 2. The third kappa shape index (κ3) is 3.19. The van der Waals surface area contributed by atoms with Crippen LogP contribution in [0.1, 0.15) is 52.2 Å². The average Bonchev–Trinajstić information content (AvgIpc) is 2.67. The van der Waals surface area contributed by atoms with Crippen molar-refractivity contribution in [1.82, 2.24) is 0 Å². The Labute approximate surface area is 111 Å². The number of thiophene rings is 1. The largest absolute Gasteiger partial charge is 0.469 e. The van der Waals surface area contributed by atoms with E-state index in [1.54, 1.807) is 11.3 Å². The van der Waals surface area contributed by atoms with E-state index in [-0.39, 0.29) is 24.6 Å². The number of fused-ring (bicyclic) bond motifs is 1. The van der Waals surface area contributed by atoms with Gasteiger partial charge in [-0.1, -0.05) is 6.42 Å². The topological polar surface area (TPSA) is 43.4 Å². The maximum Gasteiger partial charge on any atom is 0.305 e. The first-order chi connectivity index (χ1) is 8.70. The lowest BCUT2D eigenvalue weighted by Gasteiger charge is -1.97. The first-order valence-corrected chi connectivity index (χ1v) is 7.24. The Morgan fingerprint density at radius 1 is 1.22 bits per heavy atom. The van der Waals surface area contributed by atoms with E-state index in [0.29, 0.717) is 0 Å². The van der Waals surface area contributed by atoms with E-state index in [1.165, 1.54) is 36.8 Å². The monoisotopic (exact) mass is 266 g/mol. The molecule has 0 saturated heterocycles. The van der Waals surface area contributed by atoms with Crippen LogP contribution in [-0.2, 0) is 22.4 Å². The van der Waals surface area contributed by atoms with Gasteiger partial charge in [0, 0.05) is 11.3 Å². The lowest BCUT2D eigenvalue weighted by molar-refractivity contribution is -0.140. The molecule has 98 valence electrons. The highest BCUT2D eigenvalue weighted by atomic mass is 32.1. The summed E-state index contributed by atoms with van der Waals surface area (Å²) in [4.78, 5) is 25.2. The van der Waals surface area contributed by atoms with Crippen LogP contribution in [0.4, 0.5) is 0 Å². The normalized spacial score (nSPS) is 14.7. The molecule has 1 aliphatic carbocycles. The molecule has 0 atom stereocenters. The van der Waals surface area contributed by atoms with Crippen molar-refractivity contribution >= 4 is 23.1 Å². The molecule has 0 spiro atoms. The van der Waals surface area contributed by atoms with E-state index in [9.17, 15) is 9.59 Å². The predicted molar refractivity (Wildman–Crippen MR) is 71.2 cm³/mol. The van der Waals surface area contributed by atoms with Crippen molar-refractivity contribution < 1.29 is 14.3 Å². The van der Waals surface area contributed by atoms with Gasteiger partial charge in [-0.25, -0.2) is 0 Å². The predicted octanol–water partition coefficient (Wildman–Crippen LogP) is 3.15. The van der Waals surface area contributed by atoms with Crippen molar-refractivity contribution in [2.45, 2.75) is 44.9 Å². The van der Waals surface area contributed by atoms with Gasteiger partial charge in [-0.3, -0.25) is 9.59 Å². The quantitative estimate of drug-likeness (QED) is 0.477. The third-order valence-corrected chi connectivity index (χ3v) is 4.58. The molecule has 1 aliphatic rings. The van der Waals surface area contributed by atoms with Gasteiger partial charge in [-0.2, -0.15) is 0 Å². The number of methoxy groups -OCH3 is 1. The molecule has 3 nitrogen and oxygen atoms in total. The maximum absolute atomic E-state index is 12.0.